The smallest absolute Gasteiger partial charge is 0.252 e. The highest BCUT2D eigenvalue weighted by atomic mass is 35.5. The van der Waals surface area contributed by atoms with Crippen LogP contribution in [0, 0.1) is 5.92 Å². The van der Waals surface area contributed by atoms with Crippen LogP contribution < -0.4 is 5.32 Å². The number of nitrogens with zero attached hydrogens (tertiary/aromatic N) is 3. The third kappa shape index (κ3) is 4.92. The summed E-state index contributed by atoms with van der Waals surface area (Å²) < 4.78 is 29.2. The van der Waals surface area contributed by atoms with Gasteiger partial charge >= 0.3 is 0 Å². The van der Waals surface area contributed by atoms with Gasteiger partial charge in [-0.05, 0) is 43.4 Å². The van der Waals surface area contributed by atoms with Gasteiger partial charge in [0, 0.05) is 38.6 Å². The van der Waals surface area contributed by atoms with Gasteiger partial charge in [-0.25, -0.2) is 13.4 Å². The summed E-state index contributed by atoms with van der Waals surface area (Å²) in [5.41, 5.74) is 0.177. The van der Waals surface area contributed by atoms with E-state index in [1.54, 1.807) is 12.5 Å². The van der Waals surface area contributed by atoms with E-state index in [2.05, 4.69) is 17.2 Å². The number of hydrogen-bond acceptors (Lipinski definition) is 4. The van der Waals surface area contributed by atoms with Crippen molar-refractivity contribution in [3.8, 4) is 0 Å². The van der Waals surface area contributed by atoms with Gasteiger partial charge in [0.1, 0.15) is 0 Å². The minimum absolute atomic E-state index is 0.106. The Hall–Kier alpha value is -1.90. The molecule has 1 aliphatic heterocycles. The average molecular weight is 425 g/mol. The van der Waals surface area contributed by atoms with E-state index in [1.165, 1.54) is 22.5 Å². The average Bonchev–Trinajstić information content (AvgIpc) is 3.19. The number of carbonyl (C=O) groups excluding carboxylic acids is 1. The van der Waals surface area contributed by atoms with Gasteiger partial charge in [-0.2, -0.15) is 4.31 Å². The first-order valence-corrected chi connectivity index (χ1v) is 11.2. The summed E-state index contributed by atoms with van der Waals surface area (Å²) in [7, 11) is -3.63. The summed E-state index contributed by atoms with van der Waals surface area (Å²) >= 11 is 6.16. The summed E-state index contributed by atoms with van der Waals surface area (Å²) in [6.07, 6.45) is 7.69. The van der Waals surface area contributed by atoms with Crippen LogP contribution in [0.3, 0.4) is 0 Å². The van der Waals surface area contributed by atoms with E-state index in [0.717, 1.165) is 25.8 Å². The second-order valence-corrected chi connectivity index (χ2v) is 9.48. The van der Waals surface area contributed by atoms with E-state index in [9.17, 15) is 13.2 Å². The highest BCUT2D eigenvalue weighted by Gasteiger charge is 2.29. The zero-order valence-corrected chi connectivity index (χ0v) is 17.4. The van der Waals surface area contributed by atoms with E-state index >= 15 is 0 Å². The van der Waals surface area contributed by atoms with Crippen LogP contribution in [0.15, 0.2) is 41.8 Å². The molecule has 28 heavy (non-hydrogen) atoms. The molecule has 0 bridgehead atoms. The van der Waals surface area contributed by atoms with E-state index in [0.29, 0.717) is 25.6 Å². The zero-order valence-electron chi connectivity index (χ0n) is 15.8. The van der Waals surface area contributed by atoms with Crippen molar-refractivity contribution < 1.29 is 13.2 Å². The normalized spacial score (nSPS) is 16.2. The van der Waals surface area contributed by atoms with Crippen LogP contribution in [0.1, 0.15) is 36.5 Å². The van der Waals surface area contributed by atoms with Crippen LogP contribution >= 0.6 is 11.6 Å². The van der Waals surface area contributed by atoms with E-state index in [-0.39, 0.29) is 21.4 Å². The van der Waals surface area contributed by atoms with Gasteiger partial charge in [0.15, 0.2) is 0 Å². The molecule has 1 N–H and O–H groups in total. The van der Waals surface area contributed by atoms with Crippen molar-refractivity contribution in [2.24, 2.45) is 5.92 Å². The predicted octanol–water partition coefficient (Wildman–Crippen LogP) is 2.78. The minimum Gasteiger partial charge on any atom is -0.352 e. The van der Waals surface area contributed by atoms with Gasteiger partial charge in [0.05, 0.1) is 21.8 Å². The van der Waals surface area contributed by atoms with Gasteiger partial charge in [-0.3, -0.25) is 4.79 Å². The number of sulfonamides is 1. The lowest BCUT2D eigenvalue weighted by Gasteiger charge is -2.29. The van der Waals surface area contributed by atoms with Crippen molar-refractivity contribution >= 4 is 27.5 Å². The van der Waals surface area contributed by atoms with E-state index in [1.807, 2.05) is 10.8 Å². The third-order valence-electron chi connectivity index (χ3n) is 5.00. The Morgan fingerprint density at radius 2 is 2.07 bits per heavy atom. The molecular formula is C19H25ClN4O3S. The highest BCUT2D eigenvalue weighted by Crippen LogP contribution is 2.26. The van der Waals surface area contributed by atoms with Crippen molar-refractivity contribution in [3.05, 3.63) is 47.5 Å². The molecule has 1 saturated heterocycles. The summed E-state index contributed by atoms with van der Waals surface area (Å²) in [5.74, 6) is 0.153. The summed E-state index contributed by atoms with van der Waals surface area (Å²) in [4.78, 5) is 16.6. The van der Waals surface area contributed by atoms with Crippen molar-refractivity contribution in [1.29, 1.82) is 0 Å². The Bertz CT molecular complexity index is 907. The quantitative estimate of drug-likeness (QED) is 0.692. The number of halogens is 1. The molecule has 3 rings (SSSR count). The molecule has 9 heteroatoms. The van der Waals surface area contributed by atoms with E-state index in [4.69, 9.17) is 11.6 Å². The molecule has 2 aromatic rings. The molecule has 1 fully saturated rings. The van der Waals surface area contributed by atoms with Gasteiger partial charge < -0.3 is 9.88 Å². The standard InChI is InChI=1S/C19H25ClN4O3S/c1-15-5-10-24(11-6-15)28(26,27)16-3-4-18(20)17(13-16)19(25)22-7-2-9-23-12-8-21-14-23/h3-4,8,12-15H,2,5-7,9-11H2,1H3,(H,22,25). The molecule has 2 heterocycles. The fourth-order valence-electron chi connectivity index (χ4n) is 3.19. The van der Waals surface area contributed by atoms with E-state index < -0.39 is 10.0 Å². The van der Waals surface area contributed by atoms with Crippen molar-refractivity contribution in [3.63, 3.8) is 0 Å². The first-order valence-electron chi connectivity index (χ1n) is 9.41. The van der Waals surface area contributed by atoms with Crippen LogP contribution in [-0.4, -0.2) is 47.8 Å². The molecule has 0 radical (unpaired) electrons. The Kier molecular flexibility index (Phi) is 6.74. The second-order valence-electron chi connectivity index (χ2n) is 7.14. The van der Waals surface area contributed by atoms with Crippen LogP contribution in [0.25, 0.3) is 0 Å². The number of aryl methyl sites for hydroxylation is 1. The lowest BCUT2D eigenvalue weighted by Crippen LogP contribution is -2.38. The number of aromatic nitrogens is 2. The van der Waals surface area contributed by atoms with Gasteiger partial charge in [-0.15, -0.1) is 0 Å². The number of imidazole rings is 1. The van der Waals surface area contributed by atoms with Gasteiger partial charge in [0.25, 0.3) is 5.91 Å². The number of piperidine rings is 1. The fourth-order valence-corrected chi connectivity index (χ4v) is 4.89. The van der Waals surface area contributed by atoms with Crippen molar-refractivity contribution in [1.82, 2.24) is 19.2 Å². The van der Waals surface area contributed by atoms with Crippen LogP contribution in [0.4, 0.5) is 0 Å². The molecule has 0 saturated carbocycles. The lowest BCUT2D eigenvalue weighted by molar-refractivity contribution is 0.0952. The Balaban J connectivity index is 1.65. The molecule has 0 spiro atoms. The monoisotopic (exact) mass is 424 g/mol. The third-order valence-corrected chi connectivity index (χ3v) is 7.22. The number of carbonyl (C=O) groups is 1. The summed E-state index contributed by atoms with van der Waals surface area (Å²) in [6, 6.07) is 4.31. The maximum atomic E-state index is 12.9. The molecule has 152 valence electrons. The summed E-state index contributed by atoms with van der Waals surface area (Å²) in [5, 5.41) is 3.04. The number of amides is 1. The number of hydrogen-bond donors (Lipinski definition) is 1. The molecule has 0 aliphatic carbocycles. The Labute approximate surface area is 170 Å². The molecule has 0 atom stereocenters. The van der Waals surface area contributed by atoms with Crippen LogP contribution in [-0.2, 0) is 16.6 Å². The zero-order chi connectivity index (χ0) is 20.1. The van der Waals surface area contributed by atoms with Crippen molar-refractivity contribution in [2.45, 2.75) is 37.6 Å². The maximum Gasteiger partial charge on any atom is 0.252 e. The van der Waals surface area contributed by atoms with Gasteiger partial charge in [0.2, 0.25) is 10.0 Å². The topological polar surface area (TPSA) is 84.3 Å². The fraction of sp³-hybridized carbons (Fsp3) is 0.474. The predicted molar refractivity (Wildman–Crippen MR) is 108 cm³/mol. The number of nitrogens with one attached hydrogen (secondary N) is 1. The molecular weight excluding hydrogens is 400 g/mol. The number of rotatable bonds is 7. The Morgan fingerprint density at radius 1 is 1.32 bits per heavy atom. The van der Waals surface area contributed by atoms with Crippen LogP contribution in [0.5, 0.6) is 0 Å². The molecule has 0 unspecified atom stereocenters. The second kappa shape index (κ2) is 9.07. The molecule has 7 nitrogen and oxygen atoms in total. The molecule has 1 amide bonds. The van der Waals surface area contributed by atoms with Crippen LogP contribution in [0.2, 0.25) is 5.02 Å². The molecule has 1 aliphatic rings. The molecule has 1 aromatic carbocycles. The SMILES string of the molecule is CC1CCN(S(=O)(=O)c2ccc(Cl)c(C(=O)NCCCn3ccnc3)c2)CC1. The lowest BCUT2D eigenvalue weighted by atomic mass is 10.0. The van der Waals surface area contributed by atoms with Crippen molar-refractivity contribution in [2.75, 3.05) is 19.6 Å². The minimum atomic E-state index is -3.63. The summed E-state index contributed by atoms with van der Waals surface area (Å²) in [6.45, 7) is 4.31. The highest BCUT2D eigenvalue weighted by molar-refractivity contribution is 7.89. The largest absolute Gasteiger partial charge is 0.352 e. The first kappa shape index (κ1) is 20.8. The van der Waals surface area contributed by atoms with Gasteiger partial charge in [-0.1, -0.05) is 18.5 Å². The molecule has 1 aromatic heterocycles. The Morgan fingerprint density at radius 3 is 2.75 bits per heavy atom. The first-order chi connectivity index (χ1) is 13.4. The maximum absolute atomic E-state index is 12.9. The number of benzene rings is 1.